The normalized spacial score (nSPS) is 14.2. The Bertz CT molecular complexity index is 687. The van der Waals surface area contributed by atoms with Crippen LogP contribution in [0.1, 0.15) is 25.8 Å². The summed E-state index contributed by atoms with van der Waals surface area (Å²) < 4.78 is 27.9. The molecule has 2 aromatic carbocycles. The molecule has 0 radical (unpaired) electrons. The van der Waals surface area contributed by atoms with E-state index in [0.717, 1.165) is 5.56 Å². The zero-order chi connectivity index (χ0) is 16.7. The number of sulfonamides is 1. The SMILES string of the molecule is CCC(C(C)NCc1ccccc1)S(=O)(=O)Nc1ccccc1. The predicted molar refractivity (Wildman–Crippen MR) is 95.8 cm³/mol. The van der Waals surface area contributed by atoms with Crippen molar-refractivity contribution in [2.45, 2.75) is 38.1 Å². The number of para-hydroxylation sites is 1. The molecular weight excluding hydrogens is 308 g/mol. The second-order valence-electron chi connectivity index (χ2n) is 5.61. The number of hydrogen-bond donors (Lipinski definition) is 2. The summed E-state index contributed by atoms with van der Waals surface area (Å²) in [6.07, 6.45) is 0.547. The van der Waals surface area contributed by atoms with Crippen molar-refractivity contribution < 1.29 is 8.42 Å². The van der Waals surface area contributed by atoms with Gasteiger partial charge < -0.3 is 5.32 Å². The van der Waals surface area contributed by atoms with E-state index in [0.29, 0.717) is 18.7 Å². The largest absolute Gasteiger partial charge is 0.309 e. The molecule has 2 rings (SSSR count). The molecule has 0 aliphatic heterocycles. The van der Waals surface area contributed by atoms with Gasteiger partial charge in [0.2, 0.25) is 10.0 Å². The summed E-state index contributed by atoms with van der Waals surface area (Å²) in [4.78, 5) is 0. The number of hydrogen-bond acceptors (Lipinski definition) is 3. The van der Waals surface area contributed by atoms with Crippen LogP contribution in [-0.4, -0.2) is 19.7 Å². The standard InChI is InChI=1S/C18H24N2O2S/c1-3-18(15(2)19-14-16-10-6-4-7-11-16)23(21,22)20-17-12-8-5-9-13-17/h4-13,15,18-20H,3,14H2,1-2H3. The molecule has 0 saturated carbocycles. The van der Waals surface area contributed by atoms with Gasteiger partial charge in [-0.1, -0.05) is 55.5 Å². The van der Waals surface area contributed by atoms with Crippen LogP contribution in [0.4, 0.5) is 5.69 Å². The van der Waals surface area contributed by atoms with E-state index >= 15 is 0 Å². The lowest BCUT2D eigenvalue weighted by molar-refractivity contribution is 0.490. The maximum atomic E-state index is 12.6. The highest BCUT2D eigenvalue weighted by molar-refractivity contribution is 7.93. The van der Waals surface area contributed by atoms with Crippen LogP contribution < -0.4 is 10.0 Å². The summed E-state index contributed by atoms with van der Waals surface area (Å²) in [5.74, 6) is 0. The average Bonchev–Trinajstić information content (AvgIpc) is 2.55. The summed E-state index contributed by atoms with van der Waals surface area (Å²) in [5, 5.41) is 2.83. The Hall–Kier alpha value is -1.85. The van der Waals surface area contributed by atoms with Crippen molar-refractivity contribution in [2.75, 3.05) is 4.72 Å². The van der Waals surface area contributed by atoms with Crippen LogP contribution in [0, 0.1) is 0 Å². The van der Waals surface area contributed by atoms with E-state index in [4.69, 9.17) is 0 Å². The second-order valence-corrected chi connectivity index (χ2v) is 7.51. The molecule has 0 fully saturated rings. The molecule has 23 heavy (non-hydrogen) atoms. The van der Waals surface area contributed by atoms with Crippen LogP contribution in [-0.2, 0) is 16.6 Å². The molecule has 2 aromatic rings. The van der Waals surface area contributed by atoms with E-state index in [9.17, 15) is 8.42 Å². The molecule has 2 N–H and O–H groups in total. The second kappa shape index (κ2) is 8.13. The summed E-state index contributed by atoms with van der Waals surface area (Å²) in [6.45, 7) is 4.47. The quantitative estimate of drug-likeness (QED) is 0.779. The number of anilines is 1. The van der Waals surface area contributed by atoms with Crippen molar-refractivity contribution in [2.24, 2.45) is 0 Å². The zero-order valence-corrected chi connectivity index (χ0v) is 14.4. The summed E-state index contributed by atoms with van der Waals surface area (Å²) >= 11 is 0. The van der Waals surface area contributed by atoms with Gasteiger partial charge in [-0.3, -0.25) is 4.72 Å². The fourth-order valence-electron chi connectivity index (χ4n) is 2.59. The first-order chi connectivity index (χ1) is 11.0. The molecule has 0 heterocycles. The Labute approximate surface area is 139 Å². The van der Waals surface area contributed by atoms with Gasteiger partial charge in [0.25, 0.3) is 0 Å². The third-order valence-corrected chi connectivity index (χ3v) is 5.92. The van der Waals surface area contributed by atoms with E-state index in [-0.39, 0.29) is 6.04 Å². The van der Waals surface area contributed by atoms with Gasteiger partial charge in [0.1, 0.15) is 0 Å². The number of rotatable bonds is 8. The first-order valence-corrected chi connectivity index (χ1v) is 9.41. The lowest BCUT2D eigenvalue weighted by atomic mass is 10.1. The molecule has 2 atom stereocenters. The monoisotopic (exact) mass is 332 g/mol. The summed E-state index contributed by atoms with van der Waals surface area (Å²) in [5.41, 5.74) is 1.74. The topological polar surface area (TPSA) is 58.2 Å². The summed E-state index contributed by atoms with van der Waals surface area (Å²) in [6, 6.07) is 18.8. The molecule has 5 heteroatoms. The molecule has 124 valence electrons. The maximum Gasteiger partial charge on any atom is 0.237 e. The molecule has 0 amide bonds. The third-order valence-electron chi connectivity index (χ3n) is 3.86. The van der Waals surface area contributed by atoms with Crippen molar-refractivity contribution in [1.82, 2.24) is 5.32 Å². The van der Waals surface area contributed by atoms with Gasteiger partial charge in [-0.05, 0) is 31.0 Å². The molecule has 0 saturated heterocycles. The molecule has 0 aromatic heterocycles. The highest BCUT2D eigenvalue weighted by Crippen LogP contribution is 2.16. The van der Waals surface area contributed by atoms with Crippen LogP contribution in [0.2, 0.25) is 0 Å². The average molecular weight is 332 g/mol. The minimum Gasteiger partial charge on any atom is -0.309 e. The van der Waals surface area contributed by atoms with Crippen molar-refractivity contribution in [3.63, 3.8) is 0 Å². The smallest absolute Gasteiger partial charge is 0.237 e. The highest BCUT2D eigenvalue weighted by atomic mass is 32.2. The summed E-state index contributed by atoms with van der Waals surface area (Å²) in [7, 11) is -3.44. The molecule has 0 aliphatic carbocycles. The fourth-order valence-corrected chi connectivity index (χ4v) is 4.28. The molecule has 2 unspecified atom stereocenters. The number of benzene rings is 2. The van der Waals surface area contributed by atoms with Crippen LogP contribution in [0.3, 0.4) is 0 Å². The Morgan fingerprint density at radius 2 is 1.52 bits per heavy atom. The van der Waals surface area contributed by atoms with Crippen LogP contribution in [0.15, 0.2) is 60.7 Å². The maximum absolute atomic E-state index is 12.6. The zero-order valence-electron chi connectivity index (χ0n) is 13.6. The van der Waals surface area contributed by atoms with Crippen molar-refractivity contribution in [3.05, 3.63) is 66.2 Å². The van der Waals surface area contributed by atoms with Gasteiger partial charge in [-0.25, -0.2) is 8.42 Å². The van der Waals surface area contributed by atoms with E-state index in [2.05, 4.69) is 10.0 Å². The lowest BCUT2D eigenvalue weighted by Crippen LogP contribution is -2.43. The molecule has 0 bridgehead atoms. The van der Waals surface area contributed by atoms with Gasteiger partial charge in [-0.2, -0.15) is 0 Å². The molecular formula is C18H24N2O2S. The van der Waals surface area contributed by atoms with Crippen LogP contribution in [0.25, 0.3) is 0 Å². The van der Waals surface area contributed by atoms with E-state index in [1.54, 1.807) is 12.1 Å². The minimum absolute atomic E-state index is 0.151. The van der Waals surface area contributed by atoms with Gasteiger partial charge in [0, 0.05) is 18.3 Å². The minimum atomic E-state index is -3.44. The molecule has 0 aliphatic rings. The van der Waals surface area contributed by atoms with E-state index in [1.807, 2.05) is 62.4 Å². The van der Waals surface area contributed by atoms with Crippen molar-refractivity contribution in [3.8, 4) is 0 Å². The fraction of sp³-hybridized carbons (Fsp3) is 0.333. The Balaban J connectivity index is 2.02. The van der Waals surface area contributed by atoms with Crippen LogP contribution in [0.5, 0.6) is 0 Å². The van der Waals surface area contributed by atoms with Crippen molar-refractivity contribution in [1.29, 1.82) is 0 Å². The first-order valence-electron chi connectivity index (χ1n) is 7.87. The molecule has 4 nitrogen and oxygen atoms in total. The van der Waals surface area contributed by atoms with Gasteiger partial charge >= 0.3 is 0 Å². The lowest BCUT2D eigenvalue weighted by Gasteiger charge is -2.24. The van der Waals surface area contributed by atoms with Crippen LogP contribution >= 0.6 is 0 Å². The Morgan fingerprint density at radius 3 is 2.09 bits per heavy atom. The highest BCUT2D eigenvalue weighted by Gasteiger charge is 2.29. The Morgan fingerprint density at radius 1 is 0.957 bits per heavy atom. The van der Waals surface area contributed by atoms with Gasteiger partial charge in [0.05, 0.1) is 5.25 Å². The van der Waals surface area contributed by atoms with Crippen molar-refractivity contribution >= 4 is 15.7 Å². The Kier molecular flexibility index (Phi) is 6.19. The third kappa shape index (κ3) is 5.08. The van der Waals surface area contributed by atoms with E-state index in [1.165, 1.54) is 0 Å². The van der Waals surface area contributed by atoms with E-state index < -0.39 is 15.3 Å². The van der Waals surface area contributed by atoms with Gasteiger partial charge in [-0.15, -0.1) is 0 Å². The predicted octanol–water partition coefficient (Wildman–Crippen LogP) is 3.39. The molecule has 0 spiro atoms. The van der Waals surface area contributed by atoms with Gasteiger partial charge in [0.15, 0.2) is 0 Å². The number of nitrogens with one attached hydrogen (secondary N) is 2. The first kappa shape index (κ1) is 17.5.